The lowest BCUT2D eigenvalue weighted by molar-refractivity contribution is -0.0251. The highest BCUT2D eigenvalue weighted by molar-refractivity contribution is 5.98. The van der Waals surface area contributed by atoms with Crippen molar-refractivity contribution in [2.75, 3.05) is 5.73 Å². The molecule has 2 nitrogen and oxygen atoms in total. The second-order valence-electron chi connectivity index (χ2n) is 11.6. The van der Waals surface area contributed by atoms with Crippen LogP contribution in [0, 0.1) is 17.3 Å². The van der Waals surface area contributed by atoms with E-state index < -0.39 is 0 Å². The summed E-state index contributed by atoms with van der Waals surface area (Å²) in [5.41, 5.74) is 10.1. The maximum Gasteiger partial charge on any atom is 0.246 e. The van der Waals surface area contributed by atoms with E-state index in [4.69, 9.17) is 10.2 Å². The first-order valence-electron chi connectivity index (χ1n) is 11.0. The van der Waals surface area contributed by atoms with Gasteiger partial charge in [0.15, 0.2) is 0 Å². The quantitative estimate of drug-likeness (QED) is 0.449. The van der Waals surface area contributed by atoms with Crippen molar-refractivity contribution >= 4 is 16.2 Å². The molecule has 0 bridgehead atoms. The zero-order valence-corrected chi connectivity index (χ0v) is 20.5. The summed E-state index contributed by atoms with van der Waals surface area (Å²) in [6.45, 7) is 18.5. The molecule has 157 valence electrons. The lowest BCUT2D eigenvalue weighted by atomic mass is 9.58. The number of rotatable bonds is 5. The highest BCUT2D eigenvalue weighted by Crippen LogP contribution is 2.49. The molecule has 0 saturated heterocycles. The molecule has 0 amide bonds. The van der Waals surface area contributed by atoms with Gasteiger partial charge in [0.05, 0.1) is 6.10 Å². The molecule has 0 heterocycles. The molecule has 1 aliphatic rings. The van der Waals surface area contributed by atoms with Crippen molar-refractivity contribution in [1.29, 1.82) is 0 Å². The molecule has 0 spiro atoms. The molecule has 0 aliphatic heterocycles. The molecule has 2 unspecified atom stereocenters. The second-order valence-corrected chi connectivity index (χ2v) is 11.8. The van der Waals surface area contributed by atoms with Crippen LogP contribution in [0.15, 0.2) is 18.2 Å². The molecule has 2 atom stereocenters. The van der Waals surface area contributed by atoms with Crippen LogP contribution in [0.25, 0.3) is 0 Å². The Bertz CT molecular complexity index is 647. The summed E-state index contributed by atoms with van der Waals surface area (Å²) in [4.78, 5) is 0. The summed E-state index contributed by atoms with van der Waals surface area (Å²) in [5, 5.41) is 0. The Kier molecular flexibility index (Phi) is 7.14. The van der Waals surface area contributed by atoms with Crippen molar-refractivity contribution in [3.05, 3.63) is 29.3 Å². The van der Waals surface area contributed by atoms with Crippen molar-refractivity contribution in [3.8, 4) is 0 Å². The maximum atomic E-state index is 6.52. The Balaban J connectivity index is 2.48. The molecule has 1 aliphatic carbocycles. The van der Waals surface area contributed by atoms with Crippen molar-refractivity contribution in [3.63, 3.8) is 0 Å². The average Bonchev–Trinajstić information content (AvgIpc) is 2.57. The van der Waals surface area contributed by atoms with E-state index in [1.54, 1.807) is 0 Å². The monoisotopic (exact) mass is 400 g/mol. The van der Waals surface area contributed by atoms with Crippen LogP contribution in [0.5, 0.6) is 0 Å². The van der Waals surface area contributed by atoms with Gasteiger partial charge in [-0.05, 0) is 58.1 Å². The second kappa shape index (κ2) is 8.51. The molecule has 1 aromatic rings. The van der Waals surface area contributed by atoms with Crippen LogP contribution in [0.3, 0.4) is 0 Å². The third-order valence-electron chi connectivity index (χ3n) is 6.89. The maximum absolute atomic E-state index is 6.52. The van der Waals surface area contributed by atoms with Crippen molar-refractivity contribution in [2.24, 2.45) is 17.3 Å². The summed E-state index contributed by atoms with van der Waals surface area (Å²) in [5.74, 6) is 0.974. The molecule has 28 heavy (non-hydrogen) atoms. The fourth-order valence-electron chi connectivity index (χ4n) is 5.71. The first-order chi connectivity index (χ1) is 12.8. The lowest BCUT2D eigenvalue weighted by Crippen LogP contribution is -2.49. The number of hydrogen-bond donors (Lipinski definition) is 1. The Morgan fingerprint density at radius 3 is 1.96 bits per heavy atom. The smallest absolute Gasteiger partial charge is 0.246 e. The molecule has 1 saturated carbocycles. The largest absolute Gasteiger partial charge is 0.415 e. The SMILES string of the molecule is CC(C)(C)c1ccc(C(C)(C)C(C(O[Si])C2CCCCC2)C(C)(C)C)cc1N. The standard InChI is InChI=1S/C25H42NOSi/c1-23(2,3)19-15-14-18(16-20(19)26)25(7,8)22(24(4,5)6)21(27-28)17-12-10-9-11-13-17/h14-17,21-22H,9-13,26H2,1-8H3. The van der Waals surface area contributed by atoms with Crippen molar-refractivity contribution in [1.82, 2.24) is 0 Å². The van der Waals surface area contributed by atoms with E-state index in [1.807, 2.05) is 0 Å². The first kappa shape index (κ1) is 23.5. The number of benzene rings is 1. The fourth-order valence-corrected chi connectivity index (χ4v) is 6.04. The van der Waals surface area contributed by atoms with Crippen LogP contribution in [0.1, 0.15) is 98.6 Å². The van der Waals surface area contributed by atoms with E-state index in [0.29, 0.717) is 11.8 Å². The summed E-state index contributed by atoms with van der Waals surface area (Å²) < 4.78 is 6.07. The summed E-state index contributed by atoms with van der Waals surface area (Å²) in [6, 6.07) is 6.74. The average molecular weight is 401 g/mol. The van der Waals surface area contributed by atoms with Crippen LogP contribution in [0.2, 0.25) is 0 Å². The predicted molar refractivity (Wildman–Crippen MR) is 123 cm³/mol. The van der Waals surface area contributed by atoms with Crippen molar-refractivity contribution < 1.29 is 4.43 Å². The third-order valence-corrected chi connectivity index (χ3v) is 7.17. The normalized spacial score (nSPS) is 19.5. The Morgan fingerprint density at radius 1 is 0.964 bits per heavy atom. The molecule has 2 rings (SSSR count). The van der Waals surface area contributed by atoms with E-state index in [-0.39, 0.29) is 22.3 Å². The minimum Gasteiger partial charge on any atom is -0.415 e. The molecule has 2 N–H and O–H groups in total. The molecule has 1 aromatic carbocycles. The zero-order valence-electron chi connectivity index (χ0n) is 19.5. The predicted octanol–water partition coefficient (Wildman–Crippen LogP) is 6.56. The topological polar surface area (TPSA) is 35.2 Å². The van der Waals surface area contributed by atoms with Crippen LogP contribution < -0.4 is 5.73 Å². The number of anilines is 1. The van der Waals surface area contributed by atoms with Gasteiger partial charge in [0.25, 0.3) is 0 Å². The van der Waals surface area contributed by atoms with Crippen LogP contribution in [-0.2, 0) is 15.3 Å². The van der Waals surface area contributed by atoms with Gasteiger partial charge in [-0.15, -0.1) is 0 Å². The fraction of sp³-hybridized carbons (Fsp3) is 0.760. The minimum absolute atomic E-state index is 0.0551. The molecule has 1 fully saturated rings. The highest BCUT2D eigenvalue weighted by atomic mass is 28.2. The molecule has 3 radical (unpaired) electrons. The van der Waals surface area contributed by atoms with Gasteiger partial charge in [0.2, 0.25) is 10.5 Å². The molecular formula is C25H42NOSi. The van der Waals surface area contributed by atoms with E-state index >= 15 is 0 Å². The number of hydrogen-bond acceptors (Lipinski definition) is 2. The van der Waals surface area contributed by atoms with E-state index in [9.17, 15) is 0 Å². The minimum atomic E-state index is -0.0580. The highest BCUT2D eigenvalue weighted by Gasteiger charge is 2.46. The van der Waals surface area contributed by atoms with Gasteiger partial charge in [0, 0.05) is 5.69 Å². The van der Waals surface area contributed by atoms with Gasteiger partial charge in [-0.2, -0.15) is 0 Å². The van der Waals surface area contributed by atoms with Crippen LogP contribution >= 0.6 is 0 Å². The summed E-state index contributed by atoms with van der Waals surface area (Å²) in [7, 11) is 3.49. The number of nitrogens with two attached hydrogens (primary N) is 1. The van der Waals surface area contributed by atoms with E-state index in [1.165, 1.54) is 43.2 Å². The van der Waals surface area contributed by atoms with Gasteiger partial charge in [-0.1, -0.05) is 86.8 Å². The Morgan fingerprint density at radius 2 is 1.54 bits per heavy atom. The van der Waals surface area contributed by atoms with Gasteiger partial charge < -0.3 is 10.2 Å². The van der Waals surface area contributed by atoms with Gasteiger partial charge in [0.1, 0.15) is 0 Å². The van der Waals surface area contributed by atoms with E-state index in [2.05, 4.69) is 84.1 Å². The number of nitrogen functional groups attached to an aromatic ring is 1. The zero-order chi connectivity index (χ0) is 21.3. The molecular weight excluding hydrogens is 358 g/mol. The van der Waals surface area contributed by atoms with Crippen molar-refractivity contribution in [2.45, 2.75) is 104 Å². The Hall–Kier alpha value is -0.803. The third kappa shape index (κ3) is 5.02. The van der Waals surface area contributed by atoms with Crippen LogP contribution in [-0.4, -0.2) is 16.6 Å². The first-order valence-corrected chi connectivity index (χ1v) is 11.4. The van der Waals surface area contributed by atoms with Gasteiger partial charge in [-0.3, -0.25) is 0 Å². The molecule has 0 aromatic heterocycles. The molecule has 3 heteroatoms. The van der Waals surface area contributed by atoms with Gasteiger partial charge in [-0.25, -0.2) is 0 Å². The lowest BCUT2D eigenvalue weighted by Gasteiger charge is -2.50. The van der Waals surface area contributed by atoms with Crippen LogP contribution in [0.4, 0.5) is 5.69 Å². The van der Waals surface area contributed by atoms with Gasteiger partial charge >= 0.3 is 0 Å². The Labute approximate surface area is 177 Å². The summed E-state index contributed by atoms with van der Waals surface area (Å²) >= 11 is 0. The van der Waals surface area contributed by atoms with E-state index in [0.717, 1.165) is 5.69 Å². The summed E-state index contributed by atoms with van der Waals surface area (Å²) in [6.07, 6.45) is 6.73.